The summed E-state index contributed by atoms with van der Waals surface area (Å²) < 4.78 is 11.0. The van der Waals surface area contributed by atoms with E-state index < -0.39 is 14.6 Å². The third-order valence-corrected chi connectivity index (χ3v) is 6.96. The summed E-state index contributed by atoms with van der Waals surface area (Å²) in [6.07, 6.45) is 11.2. The molecule has 0 bridgehead atoms. The molecule has 0 aliphatic carbocycles. The summed E-state index contributed by atoms with van der Waals surface area (Å²) in [5, 5.41) is 2.61. The first-order valence-electron chi connectivity index (χ1n) is 8.17. The Labute approximate surface area is 131 Å². The Morgan fingerprint density at radius 3 is 1.76 bits per heavy atom. The van der Waals surface area contributed by atoms with Gasteiger partial charge in [0.2, 0.25) is 0 Å². The number of amides is 2. The van der Waals surface area contributed by atoms with Gasteiger partial charge >= 0.3 is 14.6 Å². The lowest BCUT2D eigenvalue weighted by Crippen LogP contribution is -2.35. The Morgan fingerprint density at radius 1 is 0.905 bits per heavy atom. The smallest absolute Gasteiger partial charge is 0.334 e. The molecule has 6 heteroatoms. The molecule has 0 radical (unpaired) electrons. The minimum absolute atomic E-state index is 0.420. The maximum absolute atomic E-state index is 10.5. The Balaban J connectivity index is 3.21. The molecule has 2 amide bonds. The van der Waals surface area contributed by atoms with Gasteiger partial charge in [0.15, 0.2) is 0 Å². The van der Waals surface area contributed by atoms with Crippen LogP contribution >= 0.6 is 0 Å². The standard InChI is InChI=1S/C15H34N2O3Si/c1-19-21(3,20-2)14-12-10-8-6-4-5-7-9-11-13-17-15(16)18/h4-14H2,1-3H3,(H3,16,17,18). The van der Waals surface area contributed by atoms with Crippen LogP contribution in [0.1, 0.15) is 57.8 Å². The molecule has 0 aromatic carbocycles. The molecule has 0 fully saturated rings. The maximum Gasteiger partial charge on any atom is 0.334 e. The van der Waals surface area contributed by atoms with Crippen LogP contribution in [0, 0.1) is 0 Å². The van der Waals surface area contributed by atoms with Gasteiger partial charge in [-0.15, -0.1) is 0 Å². The summed E-state index contributed by atoms with van der Waals surface area (Å²) in [4.78, 5) is 10.5. The normalized spacial score (nSPS) is 11.6. The zero-order chi connectivity index (χ0) is 16.0. The fourth-order valence-electron chi connectivity index (χ4n) is 2.31. The van der Waals surface area contributed by atoms with Gasteiger partial charge in [-0.3, -0.25) is 0 Å². The van der Waals surface area contributed by atoms with Crippen molar-refractivity contribution in [3.63, 3.8) is 0 Å². The van der Waals surface area contributed by atoms with E-state index in [1.165, 1.54) is 51.4 Å². The predicted molar refractivity (Wildman–Crippen MR) is 89.6 cm³/mol. The zero-order valence-electron chi connectivity index (χ0n) is 14.1. The largest absolute Gasteiger partial charge is 0.398 e. The van der Waals surface area contributed by atoms with Crippen LogP contribution in [-0.4, -0.2) is 35.4 Å². The summed E-state index contributed by atoms with van der Waals surface area (Å²) in [6.45, 7) is 2.83. The van der Waals surface area contributed by atoms with Crippen molar-refractivity contribution in [1.82, 2.24) is 5.32 Å². The third-order valence-electron chi connectivity index (χ3n) is 3.97. The molecular weight excluding hydrogens is 284 g/mol. The first kappa shape index (κ1) is 20.4. The van der Waals surface area contributed by atoms with E-state index in [1.54, 1.807) is 14.2 Å². The van der Waals surface area contributed by atoms with Crippen molar-refractivity contribution in [3.8, 4) is 0 Å². The molecule has 0 aromatic rings. The molecule has 0 aliphatic rings. The minimum Gasteiger partial charge on any atom is -0.398 e. The first-order chi connectivity index (χ1) is 10.0. The summed E-state index contributed by atoms with van der Waals surface area (Å²) in [5.41, 5.74) is 4.99. The summed E-state index contributed by atoms with van der Waals surface area (Å²) in [7, 11) is 1.68. The Kier molecular flexibility index (Phi) is 12.7. The van der Waals surface area contributed by atoms with Gasteiger partial charge in [0.1, 0.15) is 0 Å². The van der Waals surface area contributed by atoms with E-state index >= 15 is 0 Å². The molecule has 5 nitrogen and oxygen atoms in total. The van der Waals surface area contributed by atoms with Gasteiger partial charge in [-0.25, -0.2) is 4.79 Å². The number of unbranched alkanes of at least 4 members (excludes halogenated alkanes) is 8. The maximum atomic E-state index is 10.5. The van der Waals surface area contributed by atoms with Crippen LogP contribution in [0.25, 0.3) is 0 Å². The van der Waals surface area contributed by atoms with E-state index in [4.69, 9.17) is 14.6 Å². The van der Waals surface area contributed by atoms with Gasteiger partial charge in [-0.1, -0.05) is 51.4 Å². The Hall–Kier alpha value is -0.593. The number of hydrogen-bond donors (Lipinski definition) is 2. The van der Waals surface area contributed by atoms with Crippen LogP contribution in [0.5, 0.6) is 0 Å². The van der Waals surface area contributed by atoms with E-state index in [9.17, 15) is 4.79 Å². The molecule has 0 heterocycles. The second-order valence-electron chi connectivity index (χ2n) is 5.77. The van der Waals surface area contributed by atoms with E-state index in [0.717, 1.165) is 12.5 Å². The van der Waals surface area contributed by atoms with Gasteiger partial charge in [0.25, 0.3) is 0 Å². The van der Waals surface area contributed by atoms with E-state index in [0.29, 0.717) is 6.54 Å². The van der Waals surface area contributed by atoms with E-state index in [2.05, 4.69) is 11.9 Å². The van der Waals surface area contributed by atoms with Crippen molar-refractivity contribution in [1.29, 1.82) is 0 Å². The lowest BCUT2D eigenvalue weighted by atomic mass is 10.1. The molecule has 3 N–H and O–H groups in total. The third kappa shape index (κ3) is 12.8. The lowest BCUT2D eigenvalue weighted by molar-refractivity contribution is 0.247. The predicted octanol–water partition coefficient (Wildman–Crippen LogP) is 3.53. The van der Waals surface area contributed by atoms with Crippen LogP contribution in [-0.2, 0) is 8.85 Å². The molecule has 0 aromatic heterocycles. The lowest BCUT2D eigenvalue weighted by Gasteiger charge is -2.22. The van der Waals surface area contributed by atoms with Crippen molar-refractivity contribution < 1.29 is 13.6 Å². The average Bonchev–Trinajstić information content (AvgIpc) is 2.47. The van der Waals surface area contributed by atoms with Crippen LogP contribution < -0.4 is 11.1 Å². The van der Waals surface area contributed by atoms with Gasteiger partial charge in [0, 0.05) is 20.8 Å². The Morgan fingerprint density at radius 2 is 1.33 bits per heavy atom. The molecule has 0 atom stereocenters. The van der Waals surface area contributed by atoms with Gasteiger partial charge in [-0.05, 0) is 19.0 Å². The number of rotatable bonds is 14. The molecule has 0 saturated heterocycles. The monoisotopic (exact) mass is 318 g/mol. The highest BCUT2D eigenvalue weighted by atomic mass is 28.4. The summed E-state index contributed by atoms with van der Waals surface area (Å²) in [6, 6.07) is 0.670. The van der Waals surface area contributed by atoms with Gasteiger partial charge in [0.05, 0.1) is 0 Å². The molecule has 126 valence electrons. The molecule has 0 unspecified atom stereocenters. The number of urea groups is 1. The minimum atomic E-state index is -1.84. The van der Waals surface area contributed by atoms with Crippen molar-refractivity contribution in [3.05, 3.63) is 0 Å². The zero-order valence-corrected chi connectivity index (χ0v) is 15.1. The molecule has 21 heavy (non-hydrogen) atoms. The highest BCUT2D eigenvalue weighted by Crippen LogP contribution is 2.17. The van der Waals surface area contributed by atoms with Crippen molar-refractivity contribution in [2.24, 2.45) is 5.73 Å². The van der Waals surface area contributed by atoms with Crippen LogP contribution in [0.4, 0.5) is 4.79 Å². The summed E-state index contributed by atoms with van der Waals surface area (Å²) >= 11 is 0. The molecular formula is C15H34N2O3Si. The van der Waals surface area contributed by atoms with Gasteiger partial charge < -0.3 is 19.9 Å². The van der Waals surface area contributed by atoms with E-state index in [-0.39, 0.29) is 0 Å². The first-order valence-corrected chi connectivity index (χ1v) is 10.7. The molecule has 0 rings (SSSR count). The van der Waals surface area contributed by atoms with Crippen LogP contribution in [0.3, 0.4) is 0 Å². The molecule has 0 spiro atoms. The quantitative estimate of drug-likeness (QED) is 0.380. The van der Waals surface area contributed by atoms with E-state index in [1.807, 2.05) is 0 Å². The van der Waals surface area contributed by atoms with Gasteiger partial charge in [-0.2, -0.15) is 0 Å². The topological polar surface area (TPSA) is 73.6 Å². The fourth-order valence-corrected chi connectivity index (χ4v) is 3.77. The number of hydrogen-bond acceptors (Lipinski definition) is 3. The average molecular weight is 319 g/mol. The molecule has 0 saturated carbocycles. The number of nitrogens with two attached hydrogens (primary N) is 1. The highest BCUT2D eigenvalue weighted by molar-refractivity contribution is 6.65. The number of primary amides is 1. The van der Waals surface area contributed by atoms with Crippen molar-refractivity contribution in [2.75, 3.05) is 20.8 Å². The number of nitrogens with one attached hydrogen (secondary N) is 1. The van der Waals surface area contributed by atoms with Crippen molar-refractivity contribution in [2.45, 2.75) is 70.4 Å². The number of carbonyl (C=O) groups is 1. The highest BCUT2D eigenvalue weighted by Gasteiger charge is 2.27. The second kappa shape index (κ2) is 13.1. The summed E-state index contributed by atoms with van der Waals surface area (Å²) in [5.74, 6) is 0. The SMILES string of the molecule is CO[Si](C)(CCCCCCCCCCCNC(N)=O)OC. The Bertz CT molecular complexity index is 261. The second-order valence-corrected chi connectivity index (χ2v) is 9.35. The van der Waals surface area contributed by atoms with Crippen LogP contribution in [0.15, 0.2) is 0 Å². The van der Waals surface area contributed by atoms with Crippen LogP contribution in [0.2, 0.25) is 12.6 Å². The molecule has 0 aliphatic heterocycles. The van der Waals surface area contributed by atoms with Crippen molar-refractivity contribution >= 4 is 14.6 Å². The fraction of sp³-hybridized carbons (Fsp3) is 0.933. The number of carbonyl (C=O) groups excluding carboxylic acids is 1.